The second kappa shape index (κ2) is 12.5. The summed E-state index contributed by atoms with van der Waals surface area (Å²) in [6, 6.07) is 9.21. The van der Waals surface area contributed by atoms with E-state index in [1.165, 1.54) is 6.08 Å². The van der Waals surface area contributed by atoms with E-state index in [1.807, 2.05) is 36.6 Å². The fourth-order valence-electron chi connectivity index (χ4n) is 2.66. The number of carbonyl (C=O) groups is 1. The minimum atomic E-state index is -1.06. The molecule has 6 heteroatoms. The quantitative estimate of drug-likeness (QED) is 0.298. The molecule has 1 amide bonds. The number of hydrogen-bond acceptors (Lipinski definition) is 4. The highest BCUT2D eigenvalue weighted by atomic mass is 32.2. The van der Waals surface area contributed by atoms with Gasteiger partial charge in [0, 0.05) is 6.08 Å². The van der Waals surface area contributed by atoms with E-state index >= 15 is 0 Å². The summed E-state index contributed by atoms with van der Waals surface area (Å²) < 4.78 is 0. The first-order valence-electron chi connectivity index (χ1n) is 8.73. The Labute approximate surface area is 171 Å². The van der Waals surface area contributed by atoms with E-state index in [9.17, 15) is 9.90 Å². The number of aliphatic hydroxyl groups is 1. The Balaban J connectivity index is 2.74. The number of amides is 1. The zero-order valence-electron chi connectivity index (χ0n) is 15.7. The molecule has 27 heavy (non-hydrogen) atoms. The van der Waals surface area contributed by atoms with Crippen LogP contribution in [-0.2, 0) is 4.79 Å². The molecular formula is C21H28N2O2S2. The van der Waals surface area contributed by atoms with Crippen LogP contribution in [0.3, 0.4) is 0 Å². The molecule has 0 bridgehead atoms. The van der Waals surface area contributed by atoms with Gasteiger partial charge in [-0.25, -0.2) is 0 Å². The zero-order chi connectivity index (χ0) is 20.1. The van der Waals surface area contributed by atoms with Crippen molar-refractivity contribution >= 4 is 41.1 Å². The van der Waals surface area contributed by atoms with E-state index in [0.717, 1.165) is 11.3 Å². The van der Waals surface area contributed by atoms with Crippen molar-refractivity contribution in [1.29, 1.82) is 0 Å². The van der Waals surface area contributed by atoms with Crippen LogP contribution in [0.1, 0.15) is 24.8 Å². The Morgan fingerprint density at radius 1 is 1.30 bits per heavy atom. The summed E-state index contributed by atoms with van der Waals surface area (Å²) in [6.45, 7) is 7.46. The second-order valence-corrected chi connectivity index (χ2v) is 7.52. The van der Waals surface area contributed by atoms with Gasteiger partial charge in [-0.1, -0.05) is 42.5 Å². The monoisotopic (exact) mass is 404 g/mol. The van der Waals surface area contributed by atoms with Crippen molar-refractivity contribution in [1.82, 2.24) is 10.6 Å². The van der Waals surface area contributed by atoms with Gasteiger partial charge in [-0.2, -0.15) is 11.8 Å². The van der Waals surface area contributed by atoms with Crippen molar-refractivity contribution < 1.29 is 9.90 Å². The lowest BCUT2D eigenvalue weighted by molar-refractivity contribution is -0.115. The molecule has 1 aromatic rings. The average Bonchev–Trinajstić information content (AvgIpc) is 2.64. The third-order valence-electron chi connectivity index (χ3n) is 4.02. The molecule has 0 saturated carbocycles. The minimum absolute atomic E-state index is 0.190. The lowest BCUT2D eigenvalue weighted by Crippen LogP contribution is -2.55. The van der Waals surface area contributed by atoms with Crippen LogP contribution in [0.25, 0.3) is 6.08 Å². The Morgan fingerprint density at radius 3 is 2.48 bits per heavy atom. The number of nitrogens with one attached hydrogen (secondary N) is 2. The van der Waals surface area contributed by atoms with E-state index < -0.39 is 5.60 Å². The Morgan fingerprint density at radius 2 is 1.93 bits per heavy atom. The summed E-state index contributed by atoms with van der Waals surface area (Å²) in [4.78, 5) is 12.1. The fourth-order valence-corrected chi connectivity index (χ4v) is 3.38. The van der Waals surface area contributed by atoms with Crippen molar-refractivity contribution in [3.8, 4) is 0 Å². The largest absolute Gasteiger partial charge is 0.387 e. The topological polar surface area (TPSA) is 61.4 Å². The van der Waals surface area contributed by atoms with Crippen LogP contribution in [0, 0.1) is 0 Å². The van der Waals surface area contributed by atoms with Crippen molar-refractivity contribution in [2.45, 2.75) is 30.9 Å². The van der Waals surface area contributed by atoms with Crippen LogP contribution in [0.4, 0.5) is 0 Å². The van der Waals surface area contributed by atoms with Crippen molar-refractivity contribution in [2.24, 2.45) is 0 Å². The summed E-state index contributed by atoms with van der Waals surface area (Å²) >= 11 is 6.96. The molecule has 146 valence electrons. The lowest BCUT2D eigenvalue weighted by atomic mass is 9.85. The number of benzene rings is 1. The van der Waals surface area contributed by atoms with Gasteiger partial charge in [0.05, 0.1) is 11.6 Å². The predicted molar refractivity (Wildman–Crippen MR) is 121 cm³/mol. The molecule has 1 rings (SSSR count). The minimum Gasteiger partial charge on any atom is -0.387 e. The van der Waals surface area contributed by atoms with Crippen LogP contribution in [0.5, 0.6) is 0 Å². The van der Waals surface area contributed by atoms with Gasteiger partial charge >= 0.3 is 0 Å². The Hall–Kier alpha value is -1.89. The molecule has 0 aliphatic heterocycles. The summed E-state index contributed by atoms with van der Waals surface area (Å²) in [6.07, 6.45) is 10.0. The first kappa shape index (κ1) is 23.1. The third kappa shape index (κ3) is 8.56. The van der Waals surface area contributed by atoms with Gasteiger partial charge in [0.25, 0.3) is 0 Å². The van der Waals surface area contributed by atoms with Crippen molar-refractivity contribution in [2.75, 3.05) is 12.0 Å². The average molecular weight is 405 g/mol. The number of thioether (sulfide) groups is 1. The lowest BCUT2D eigenvalue weighted by Gasteiger charge is -2.36. The molecule has 4 nitrogen and oxygen atoms in total. The molecule has 1 aromatic carbocycles. The van der Waals surface area contributed by atoms with Crippen LogP contribution >= 0.6 is 24.0 Å². The van der Waals surface area contributed by atoms with Gasteiger partial charge in [-0.05, 0) is 55.1 Å². The summed E-state index contributed by atoms with van der Waals surface area (Å²) in [5.74, 6) is 0.523. The maximum Gasteiger partial charge on any atom is 0.250 e. The molecule has 0 spiro atoms. The molecule has 0 aliphatic carbocycles. The van der Waals surface area contributed by atoms with Crippen LogP contribution in [-0.4, -0.2) is 39.8 Å². The summed E-state index contributed by atoms with van der Waals surface area (Å²) in [7, 11) is 0. The smallest absolute Gasteiger partial charge is 0.250 e. The molecular weight excluding hydrogens is 376 g/mol. The second-order valence-electron chi connectivity index (χ2n) is 6.13. The summed E-state index contributed by atoms with van der Waals surface area (Å²) in [5.41, 5.74) is -0.135. The fraction of sp³-hybridized carbons (Fsp3) is 0.333. The van der Waals surface area contributed by atoms with E-state index in [0.29, 0.717) is 19.3 Å². The van der Waals surface area contributed by atoms with E-state index in [4.69, 9.17) is 12.2 Å². The molecule has 3 N–H and O–H groups in total. The summed E-state index contributed by atoms with van der Waals surface area (Å²) in [5, 5.41) is 17.0. The number of carbonyl (C=O) groups excluding carboxylic acids is 1. The highest BCUT2D eigenvalue weighted by Gasteiger charge is 2.34. The van der Waals surface area contributed by atoms with Gasteiger partial charge in [0.2, 0.25) is 5.91 Å². The normalized spacial score (nSPS) is 12.4. The molecule has 0 heterocycles. The first-order chi connectivity index (χ1) is 12.9. The molecule has 0 radical (unpaired) electrons. The molecule has 0 fully saturated rings. The maximum atomic E-state index is 12.1. The molecule has 0 aliphatic rings. The molecule has 1 unspecified atom stereocenters. The van der Waals surface area contributed by atoms with Gasteiger partial charge in [0.15, 0.2) is 5.11 Å². The molecule has 0 aromatic heterocycles. The van der Waals surface area contributed by atoms with Crippen LogP contribution in [0.15, 0.2) is 61.7 Å². The SMILES string of the molecule is C=CCC(O)(CC=C)C(CCSC)NC(=S)NC(=O)C=Cc1ccccc1. The Bertz CT molecular complexity index is 649. The van der Waals surface area contributed by atoms with Crippen molar-refractivity contribution in [3.05, 3.63) is 67.3 Å². The Kier molecular flexibility index (Phi) is 10.7. The third-order valence-corrected chi connectivity index (χ3v) is 4.89. The maximum absolute atomic E-state index is 12.1. The van der Waals surface area contributed by atoms with E-state index in [-0.39, 0.29) is 17.1 Å². The van der Waals surface area contributed by atoms with E-state index in [1.54, 1.807) is 30.0 Å². The first-order valence-corrected chi connectivity index (χ1v) is 10.5. The zero-order valence-corrected chi connectivity index (χ0v) is 17.3. The van der Waals surface area contributed by atoms with Gasteiger partial charge < -0.3 is 10.4 Å². The number of rotatable bonds is 11. The van der Waals surface area contributed by atoms with Crippen LogP contribution < -0.4 is 10.6 Å². The standard InChI is InChI=1S/C21H28N2O2S2/c1-4-14-21(25,15-5-2)18(13-16-27-3)22-20(26)23-19(24)12-11-17-9-7-6-8-10-17/h4-12,18,25H,1-2,13-16H2,3H3,(H2,22,23,24,26). The predicted octanol–water partition coefficient (Wildman–Crippen LogP) is 3.70. The van der Waals surface area contributed by atoms with Gasteiger partial charge in [-0.15, -0.1) is 13.2 Å². The molecule has 0 saturated heterocycles. The van der Waals surface area contributed by atoms with Crippen LogP contribution in [0.2, 0.25) is 0 Å². The highest BCUT2D eigenvalue weighted by molar-refractivity contribution is 7.98. The van der Waals surface area contributed by atoms with E-state index in [2.05, 4.69) is 23.8 Å². The number of thiocarbonyl (C=S) groups is 1. The molecule has 1 atom stereocenters. The highest BCUT2D eigenvalue weighted by Crippen LogP contribution is 2.24. The van der Waals surface area contributed by atoms with Gasteiger partial charge in [0.1, 0.15) is 0 Å². The van der Waals surface area contributed by atoms with Crippen molar-refractivity contribution in [3.63, 3.8) is 0 Å². The number of hydrogen-bond donors (Lipinski definition) is 3. The van der Waals surface area contributed by atoms with Gasteiger partial charge in [-0.3, -0.25) is 10.1 Å².